The van der Waals surface area contributed by atoms with E-state index in [0.717, 1.165) is 0 Å². The molecule has 0 aliphatic carbocycles. The predicted octanol–water partition coefficient (Wildman–Crippen LogP) is 3.90. The standard InChI is InChI=1S/C15H21N/c1-3-4-5-6-14-9-11-15(12-10-14)8-7-13(2)16/h7-12H,2-6,16H2,1H3/b8-7+. The molecule has 0 bridgehead atoms. The molecule has 0 saturated heterocycles. The number of hydrogen-bond donors (Lipinski definition) is 1. The van der Waals surface area contributed by atoms with Crippen LogP contribution in [0.3, 0.4) is 0 Å². The Kier molecular flexibility index (Phi) is 5.41. The normalized spacial score (nSPS) is 10.8. The van der Waals surface area contributed by atoms with Crippen LogP contribution >= 0.6 is 0 Å². The number of benzene rings is 1. The van der Waals surface area contributed by atoms with Crippen LogP contribution in [0.2, 0.25) is 0 Å². The lowest BCUT2D eigenvalue weighted by Crippen LogP contribution is -1.88. The van der Waals surface area contributed by atoms with Gasteiger partial charge in [-0.2, -0.15) is 0 Å². The van der Waals surface area contributed by atoms with Crippen LogP contribution in [-0.2, 0) is 6.42 Å². The zero-order chi connectivity index (χ0) is 11.8. The van der Waals surface area contributed by atoms with E-state index in [2.05, 4.69) is 37.8 Å². The van der Waals surface area contributed by atoms with Gasteiger partial charge in [0.05, 0.1) is 0 Å². The summed E-state index contributed by atoms with van der Waals surface area (Å²) in [6.45, 7) is 5.86. The molecule has 1 aromatic carbocycles. The summed E-state index contributed by atoms with van der Waals surface area (Å²) in [5.74, 6) is 0. The van der Waals surface area contributed by atoms with E-state index < -0.39 is 0 Å². The third kappa shape index (κ3) is 4.83. The third-order valence-electron chi connectivity index (χ3n) is 2.54. The monoisotopic (exact) mass is 215 g/mol. The van der Waals surface area contributed by atoms with Crippen molar-refractivity contribution in [1.29, 1.82) is 0 Å². The Morgan fingerprint density at radius 1 is 1.25 bits per heavy atom. The number of aryl methyl sites for hydroxylation is 1. The fourth-order valence-corrected chi connectivity index (χ4v) is 1.58. The van der Waals surface area contributed by atoms with Gasteiger partial charge in [0.2, 0.25) is 0 Å². The number of hydrogen-bond acceptors (Lipinski definition) is 1. The van der Waals surface area contributed by atoms with Gasteiger partial charge in [-0.15, -0.1) is 0 Å². The van der Waals surface area contributed by atoms with Crippen molar-refractivity contribution in [3.05, 3.63) is 53.7 Å². The molecule has 0 atom stereocenters. The maximum absolute atomic E-state index is 5.47. The first-order valence-corrected chi connectivity index (χ1v) is 5.93. The van der Waals surface area contributed by atoms with Crippen LogP contribution in [0.5, 0.6) is 0 Å². The summed E-state index contributed by atoms with van der Waals surface area (Å²) in [6, 6.07) is 8.63. The molecule has 0 radical (unpaired) electrons. The average molecular weight is 215 g/mol. The van der Waals surface area contributed by atoms with Crippen molar-refractivity contribution in [1.82, 2.24) is 0 Å². The number of allylic oxidation sites excluding steroid dienone is 1. The van der Waals surface area contributed by atoms with Crippen LogP contribution < -0.4 is 5.73 Å². The minimum Gasteiger partial charge on any atom is -0.399 e. The molecule has 16 heavy (non-hydrogen) atoms. The molecule has 0 saturated carbocycles. The molecular formula is C15H21N. The highest BCUT2D eigenvalue weighted by molar-refractivity contribution is 5.52. The highest BCUT2D eigenvalue weighted by Crippen LogP contribution is 2.10. The van der Waals surface area contributed by atoms with E-state index in [1.165, 1.54) is 36.8 Å². The van der Waals surface area contributed by atoms with E-state index in [9.17, 15) is 0 Å². The van der Waals surface area contributed by atoms with Crippen LogP contribution in [0.1, 0.15) is 37.3 Å². The van der Waals surface area contributed by atoms with E-state index >= 15 is 0 Å². The summed E-state index contributed by atoms with van der Waals surface area (Å²) < 4.78 is 0. The van der Waals surface area contributed by atoms with E-state index in [0.29, 0.717) is 5.70 Å². The lowest BCUT2D eigenvalue weighted by molar-refractivity contribution is 0.717. The van der Waals surface area contributed by atoms with Gasteiger partial charge < -0.3 is 5.73 Å². The zero-order valence-corrected chi connectivity index (χ0v) is 10.1. The van der Waals surface area contributed by atoms with Crippen molar-refractivity contribution < 1.29 is 0 Å². The van der Waals surface area contributed by atoms with E-state index in [-0.39, 0.29) is 0 Å². The van der Waals surface area contributed by atoms with Crippen LogP contribution in [0.15, 0.2) is 42.6 Å². The van der Waals surface area contributed by atoms with Crippen molar-refractivity contribution >= 4 is 6.08 Å². The molecule has 0 spiro atoms. The maximum Gasteiger partial charge on any atom is 0.0241 e. The molecule has 0 amide bonds. The lowest BCUT2D eigenvalue weighted by atomic mass is 10.1. The SMILES string of the molecule is C=C(N)/C=C/c1ccc(CCCCC)cc1. The minimum absolute atomic E-state index is 0.590. The molecule has 0 fully saturated rings. The van der Waals surface area contributed by atoms with Crippen LogP contribution in [0.4, 0.5) is 0 Å². The number of nitrogens with two attached hydrogens (primary N) is 1. The molecule has 0 aliphatic heterocycles. The molecule has 1 aromatic rings. The summed E-state index contributed by atoms with van der Waals surface area (Å²) in [4.78, 5) is 0. The fraction of sp³-hybridized carbons (Fsp3) is 0.333. The van der Waals surface area contributed by atoms with Gasteiger partial charge in [-0.3, -0.25) is 0 Å². The second kappa shape index (κ2) is 6.89. The second-order valence-electron chi connectivity index (χ2n) is 4.11. The Hall–Kier alpha value is -1.50. The van der Waals surface area contributed by atoms with Gasteiger partial charge >= 0.3 is 0 Å². The highest BCUT2D eigenvalue weighted by atomic mass is 14.5. The molecule has 1 rings (SSSR count). The first-order valence-electron chi connectivity index (χ1n) is 5.93. The quantitative estimate of drug-likeness (QED) is 0.565. The molecular weight excluding hydrogens is 194 g/mol. The van der Waals surface area contributed by atoms with Crippen LogP contribution in [0.25, 0.3) is 6.08 Å². The van der Waals surface area contributed by atoms with Crippen molar-refractivity contribution in [2.75, 3.05) is 0 Å². The summed E-state index contributed by atoms with van der Waals surface area (Å²) in [7, 11) is 0. The van der Waals surface area contributed by atoms with Crippen molar-refractivity contribution in [2.45, 2.75) is 32.6 Å². The van der Waals surface area contributed by atoms with E-state index in [1.807, 2.05) is 12.2 Å². The highest BCUT2D eigenvalue weighted by Gasteiger charge is 1.93. The number of rotatable bonds is 6. The van der Waals surface area contributed by atoms with Crippen molar-refractivity contribution in [3.63, 3.8) is 0 Å². The molecule has 2 N–H and O–H groups in total. The largest absolute Gasteiger partial charge is 0.399 e. The van der Waals surface area contributed by atoms with Gasteiger partial charge in [0.15, 0.2) is 0 Å². The molecule has 0 aromatic heterocycles. The van der Waals surface area contributed by atoms with Gasteiger partial charge in [0.1, 0.15) is 0 Å². The zero-order valence-electron chi connectivity index (χ0n) is 10.1. The lowest BCUT2D eigenvalue weighted by Gasteiger charge is -2.01. The Balaban J connectivity index is 2.51. The van der Waals surface area contributed by atoms with E-state index in [4.69, 9.17) is 5.73 Å². The smallest absolute Gasteiger partial charge is 0.0241 e. The summed E-state index contributed by atoms with van der Waals surface area (Å²) >= 11 is 0. The van der Waals surface area contributed by atoms with Gasteiger partial charge in [-0.1, -0.05) is 56.7 Å². The Labute approximate surface area is 98.7 Å². The summed E-state index contributed by atoms with van der Waals surface area (Å²) in [5, 5.41) is 0. The van der Waals surface area contributed by atoms with Gasteiger partial charge in [0, 0.05) is 5.70 Å². The second-order valence-corrected chi connectivity index (χ2v) is 4.11. The molecule has 0 heterocycles. The predicted molar refractivity (Wildman–Crippen MR) is 72.0 cm³/mol. The first kappa shape index (κ1) is 12.6. The molecule has 86 valence electrons. The number of unbranched alkanes of at least 4 members (excludes halogenated alkanes) is 2. The topological polar surface area (TPSA) is 26.0 Å². The Morgan fingerprint density at radius 3 is 2.50 bits per heavy atom. The van der Waals surface area contributed by atoms with Gasteiger partial charge in [-0.25, -0.2) is 0 Å². The molecule has 0 unspecified atom stereocenters. The fourth-order valence-electron chi connectivity index (χ4n) is 1.58. The Bertz CT molecular complexity index is 346. The maximum atomic E-state index is 5.47. The first-order chi connectivity index (χ1) is 7.72. The third-order valence-corrected chi connectivity index (χ3v) is 2.54. The van der Waals surface area contributed by atoms with E-state index in [1.54, 1.807) is 0 Å². The summed E-state index contributed by atoms with van der Waals surface area (Å²) in [6.07, 6.45) is 8.87. The molecule has 1 heteroatoms. The van der Waals surface area contributed by atoms with Gasteiger partial charge in [-0.05, 0) is 30.0 Å². The Morgan fingerprint density at radius 2 is 1.94 bits per heavy atom. The molecule has 0 aliphatic rings. The van der Waals surface area contributed by atoms with Gasteiger partial charge in [0.25, 0.3) is 0 Å². The van der Waals surface area contributed by atoms with Crippen LogP contribution in [-0.4, -0.2) is 0 Å². The van der Waals surface area contributed by atoms with Crippen LogP contribution in [0, 0.1) is 0 Å². The summed E-state index contributed by atoms with van der Waals surface area (Å²) in [5.41, 5.74) is 8.65. The average Bonchev–Trinajstić information content (AvgIpc) is 2.28. The molecule has 1 nitrogen and oxygen atoms in total. The van der Waals surface area contributed by atoms with Crippen molar-refractivity contribution in [3.8, 4) is 0 Å². The van der Waals surface area contributed by atoms with Crippen molar-refractivity contribution in [2.24, 2.45) is 5.73 Å². The minimum atomic E-state index is 0.590.